The van der Waals surface area contributed by atoms with Crippen molar-refractivity contribution in [1.29, 1.82) is 0 Å². The van der Waals surface area contributed by atoms with Gasteiger partial charge in [0.05, 0.1) is 6.10 Å². The Morgan fingerprint density at radius 1 is 1.19 bits per heavy atom. The van der Waals surface area contributed by atoms with E-state index in [1.54, 1.807) is 7.11 Å². The van der Waals surface area contributed by atoms with Gasteiger partial charge in [0.2, 0.25) is 0 Å². The summed E-state index contributed by atoms with van der Waals surface area (Å²) in [5.74, 6) is 0. The van der Waals surface area contributed by atoms with Gasteiger partial charge in [-0.2, -0.15) is 0 Å². The second kappa shape index (κ2) is 11.4. The number of methoxy groups -OCH3 is 1. The van der Waals surface area contributed by atoms with Crippen molar-refractivity contribution in [3.63, 3.8) is 0 Å². The molecule has 0 unspecified atom stereocenters. The molecule has 1 rings (SSSR count). The van der Waals surface area contributed by atoms with E-state index in [0.29, 0.717) is 6.10 Å². The zero-order chi connectivity index (χ0) is 13.0. The number of nitrogens with one attached hydrogen (secondary N) is 2. The van der Waals surface area contributed by atoms with Gasteiger partial charge in [-0.15, -0.1) is 0 Å². The fourth-order valence-corrected chi connectivity index (χ4v) is 1.14. The average molecular weight is 232 g/mol. The van der Waals surface area contributed by atoms with E-state index in [9.17, 15) is 0 Å². The van der Waals surface area contributed by atoms with Gasteiger partial charge in [0, 0.05) is 19.2 Å². The first kappa shape index (κ1) is 18.3. The molecule has 3 heteroatoms. The number of ether oxygens (including phenoxy) is 1. The second-order valence-electron chi connectivity index (χ2n) is 4.45. The van der Waals surface area contributed by atoms with E-state index in [4.69, 9.17) is 4.74 Å². The summed E-state index contributed by atoms with van der Waals surface area (Å²) in [5.41, 5.74) is 0.231. The molecule has 0 aromatic heterocycles. The Morgan fingerprint density at radius 3 is 1.75 bits per heavy atom. The van der Waals surface area contributed by atoms with Gasteiger partial charge < -0.3 is 15.4 Å². The Kier molecular flexibility index (Phi) is 13.0. The molecule has 0 aromatic carbocycles. The molecule has 16 heavy (non-hydrogen) atoms. The average Bonchev–Trinajstić information content (AvgIpc) is 2.20. The van der Waals surface area contributed by atoms with Crippen LogP contribution in [-0.4, -0.2) is 39.4 Å². The van der Waals surface area contributed by atoms with Gasteiger partial charge in [-0.3, -0.25) is 0 Å². The normalized spacial score (nSPS) is 15.2. The number of rotatable bonds is 4. The zero-order valence-corrected chi connectivity index (χ0v) is 12.3. The summed E-state index contributed by atoms with van der Waals surface area (Å²) in [6.45, 7) is 9.32. The van der Waals surface area contributed by atoms with Crippen molar-refractivity contribution in [3.8, 4) is 0 Å². The maximum absolute atomic E-state index is 4.99. The van der Waals surface area contributed by atoms with Crippen LogP contribution >= 0.6 is 0 Å². The van der Waals surface area contributed by atoms with Crippen LogP contribution in [0.4, 0.5) is 0 Å². The first-order valence-electron chi connectivity index (χ1n) is 6.42. The predicted molar refractivity (Wildman–Crippen MR) is 73.1 cm³/mol. The molecule has 0 bridgehead atoms. The lowest BCUT2D eigenvalue weighted by Crippen LogP contribution is -2.44. The minimum absolute atomic E-state index is 0.231. The third-order valence-electron chi connectivity index (χ3n) is 2.68. The van der Waals surface area contributed by atoms with Crippen LogP contribution in [0, 0.1) is 0 Å². The van der Waals surface area contributed by atoms with Gasteiger partial charge in [-0.05, 0) is 47.2 Å². The highest BCUT2D eigenvalue weighted by Gasteiger charge is 2.14. The van der Waals surface area contributed by atoms with E-state index >= 15 is 0 Å². The van der Waals surface area contributed by atoms with Gasteiger partial charge >= 0.3 is 0 Å². The molecule has 3 nitrogen and oxygen atoms in total. The van der Waals surface area contributed by atoms with Crippen molar-refractivity contribution in [3.05, 3.63) is 0 Å². The van der Waals surface area contributed by atoms with Crippen LogP contribution < -0.4 is 10.6 Å². The van der Waals surface area contributed by atoms with E-state index in [1.807, 2.05) is 27.9 Å². The predicted octanol–water partition coefficient (Wildman–Crippen LogP) is 2.42. The fraction of sp³-hybridized carbons (Fsp3) is 1.00. The number of likely N-dealkylation sites (N-methyl/N-ethyl adjacent to an activating group) is 2. The maximum Gasteiger partial charge on any atom is 0.0571 e. The van der Waals surface area contributed by atoms with Gasteiger partial charge in [0.1, 0.15) is 0 Å². The third kappa shape index (κ3) is 10.4. The SMILES string of the molecule is CC.CNCC(C)(C)NC.COC1CCC1. The molecule has 1 saturated carbocycles. The molecule has 1 aliphatic carbocycles. The summed E-state index contributed by atoms with van der Waals surface area (Å²) in [6, 6.07) is 0. The molecule has 0 spiro atoms. The van der Waals surface area contributed by atoms with Crippen molar-refractivity contribution >= 4 is 0 Å². The maximum atomic E-state index is 4.99. The van der Waals surface area contributed by atoms with Crippen molar-refractivity contribution < 1.29 is 4.74 Å². The second-order valence-corrected chi connectivity index (χ2v) is 4.45. The monoisotopic (exact) mass is 232 g/mol. The van der Waals surface area contributed by atoms with Crippen LogP contribution in [0.1, 0.15) is 47.0 Å². The van der Waals surface area contributed by atoms with Crippen LogP contribution in [0.2, 0.25) is 0 Å². The lowest BCUT2D eigenvalue weighted by molar-refractivity contribution is 0.0412. The van der Waals surface area contributed by atoms with Crippen molar-refractivity contribution in [2.24, 2.45) is 0 Å². The molecule has 0 aliphatic heterocycles. The van der Waals surface area contributed by atoms with Gasteiger partial charge in [-0.1, -0.05) is 13.8 Å². The van der Waals surface area contributed by atoms with Gasteiger partial charge in [-0.25, -0.2) is 0 Å². The Hall–Kier alpha value is -0.120. The summed E-state index contributed by atoms with van der Waals surface area (Å²) in [4.78, 5) is 0. The molecule has 0 heterocycles. The van der Waals surface area contributed by atoms with E-state index in [-0.39, 0.29) is 5.54 Å². The summed E-state index contributed by atoms with van der Waals surface area (Å²) >= 11 is 0. The molecule has 0 amide bonds. The molecule has 0 saturated heterocycles. The highest BCUT2D eigenvalue weighted by molar-refractivity contribution is 4.76. The molecule has 0 atom stereocenters. The van der Waals surface area contributed by atoms with Crippen molar-refractivity contribution in [1.82, 2.24) is 10.6 Å². The molecule has 0 aromatic rings. The zero-order valence-electron chi connectivity index (χ0n) is 12.3. The minimum atomic E-state index is 0.231. The molecular weight excluding hydrogens is 200 g/mol. The smallest absolute Gasteiger partial charge is 0.0571 e. The Balaban J connectivity index is 0. The first-order valence-corrected chi connectivity index (χ1v) is 6.42. The largest absolute Gasteiger partial charge is 0.381 e. The number of hydrogen-bond acceptors (Lipinski definition) is 3. The van der Waals surface area contributed by atoms with Crippen LogP contribution in [0.5, 0.6) is 0 Å². The minimum Gasteiger partial charge on any atom is -0.381 e. The highest BCUT2D eigenvalue weighted by Crippen LogP contribution is 2.20. The molecule has 1 aliphatic rings. The lowest BCUT2D eigenvalue weighted by atomic mass is 9.96. The van der Waals surface area contributed by atoms with Crippen LogP contribution in [0.15, 0.2) is 0 Å². The third-order valence-corrected chi connectivity index (χ3v) is 2.68. The van der Waals surface area contributed by atoms with Crippen LogP contribution in [0.25, 0.3) is 0 Å². The van der Waals surface area contributed by atoms with Crippen LogP contribution in [0.3, 0.4) is 0 Å². The fourth-order valence-electron chi connectivity index (χ4n) is 1.14. The standard InChI is InChI=1S/C6H16N2.C5H10O.C2H6/c1-6(2,8-4)5-7-3;1-6-5-3-2-4-5;1-2/h7-8H,5H2,1-4H3;5H,2-4H2,1H3;1-2H3. The van der Waals surface area contributed by atoms with Crippen molar-refractivity contribution in [2.45, 2.75) is 58.6 Å². The summed E-state index contributed by atoms with van der Waals surface area (Å²) in [5, 5.41) is 6.28. The van der Waals surface area contributed by atoms with E-state index in [0.717, 1.165) is 6.54 Å². The quantitative estimate of drug-likeness (QED) is 0.781. The lowest BCUT2D eigenvalue weighted by Gasteiger charge is -2.22. The first-order chi connectivity index (χ1) is 7.55. The van der Waals surface area contributed by atoms with Gasteiger partial charge in [0.15, 0.2) is 0 Å². The van der Waals surface area contributed by atoms with E-state index < -0.39 is 0 Å². The molecular formula is C13H32N2O. The van der Waals surface area contributed by atoms with Crippen LogP contribution in [-0.2, 0) is 4.74 Å². The molecule has 0 radical (unpaired) electrons. The topological polar surface area (TPSA) is 33.3 Å². The van der Waals surface area contributed by atoms with Gasteiger partial charge in [0.25, 0.3) is 0 Å². The molecule has 100 valence electrons. The molecule has 2 N–H and O–H groups in total. The summed E-state index contributed by atoms with van der Waals surface area (Å²) in [7, 11) is 5.71. The number of hydrogen-bond donors (Lipinski definition) is 2. The Labute approximate surface area is 102 Å². The Bertz CT molecular complexity index is 131. The van der Waals surface area contributed by atoms with E-state index in [2.05, 4.69) is 24.5 Å². The molecule has 1 fully saturated rings. The summed E-state index contributed by atoms with van der Waals surface area (Å²) in [6.07, 6.45) is 4.57. The van der Waals surface area contributed by atoms with E-state index in [1.165, 1.54) is 19.3 Å². The Morgan fingerprint density at radius 2 is 1.69 bits per heavy atom. The van der Waals surface area contributed by atoms with Crippen molar-refractivity contribution in [2.75, 3.05) is 27.7 Å². The highest BCUT2D eigenvalue weighted by atomic mass is 16.5. The summed E-state index contributed by atoms with van der Waals surface area (Å²) < 4.78 is 4.99.